The number of thiol groups is 1. The zero-order chi connectivity index (χ0) is 12.5. The van der Waals surface area contributed by atoms with E-state index in [-0.39, 0.29) is 11.9 Å². The number of carbonyl (C=O) groups is 2. The lowest BCUT2D eigenvalue weighted by Crippen LogP contribution is -2.50. The zero-order valence-corrected chi connectivity index (χ0v) is 11.3. The van der Waals surface area contributed by atoms with Gasteiger partial charge in [-0.25, -0.2) is 4.79 Å². The third kappa shape index (κ3) is 1.93. The molecule has 1 saturated heterocycles. The Labute approximate surface area is 102 Å². The highest BCUT2D eigenvalue weighted by Crippen LogP contribution is 2.29. The molecule has 1 rings (SSSR count). The van der Waals surface area contributed by atoms with Crippen molar-refractivity contribution in [2.45, 2.75) is 33.2 Å². The largest absolute Gasteiger partial charge is 0.327 e. The highest BCUT2D eigenvalue weighted by molar-refractivity contribution is 7.80. The lowest BCUT2D eigenvalue weighted by atomic mass is 10.0. The predicted octanol–water partition coefficient (Wildman–Crippen LogP) is 1.61. The van der Waals surface area contributed by atoms with Crippen molar-refractivity contribution in [3.63, 3.8) is 0 Å². The summed E-state index contributed by atoms with van der Waals surface area (Å²) in [6.45, 7) is 8.69. The van der Waals surface area contributed by atoms with E-state index >= 15 is 0 Å². The van der Waals surface area contributed by atoms with E-state index in [9.17, 15) is 9.59 Å². The number of amides is 3. The minimum Gasteiger partial charge on any atom is -0.309 e. The highest BCUT2D eigenvalue weighted by atomic mass is 32.1. The highest BCUT2D eigenvalue weighted by Gasteiger charge is 2.52. The van der Waals surface area contributed by atoms with Crippen LogP contribution in [-0.4, -0.2) is 46.1 Å². The van der Waals surface area contributed by atoms with E-state index in [0.717, 1.165) is 0 Å². The van der Waals surface area contributed by atoms with Crippen LogP contribution < -0.4 is 0 Å². The third-order valence-electron chi connectivity index (χ3n) is 2.94. The first-order valence-electron chi connectivity index (χ1n) is 5.62. The fourth-order valence-corrected chi connectivity index (χ4v) is 2.23. The number of hydrogen-bond acceptors (Lipinski definition) is 3. The maximum Gasteiger partial charge on any atom is 0.327 e. The number of nitrogens with zero attached hydrogens (tertiary/aromatic N) is 2. The van der Waals surface area contributed by atoms with Crippen LogP contribution in [0.25, 0.3) is 0 Å². The summed E-state index contributed by atoms with van der Waals surface area (Å²) in [4.78, 5) is 27.1. The third-order valence-corrected chi connectivity index (χ3v) is 3.55. The number of likely N-dealkylation sites (N-methyl/N-ethyl adjacent to an activating group) is 1. The SMILES string of the molecule is CCN1C(=O)N(CC(C)C)C(C)(CS)C1=O. The fourth-order valence-electron chi connectivity index (χ4n) is 1.93. The number of imide groups is 1. The Kier molecular flexibility index (Phi) is 3.88. The van der Waals surface area contributed by atoms with Crippen LogP contribution in [0.3, 0.4) is 0 Å². The van der Waals surface area contributed by atoms with Crippen LogP contribution in [0.15, 0.2) is 0 Å². The molecule has 0 spiro atoms. The summed E-state index contributed by atoms with van der Waals surface area (Å²) in [7, 11) is 0. The lowest BCUT2D eigenvalue weighted by molar-refractivity contribution is -0.131. The minimum absolute atomic E-state index is 0.129. The number of carbonyl (C=O) groups excluding carboxylic acids is 2. The van der Waals surface area contributed by atoms with Gasteiger partial charge in [-0.2, -0.15) is 12.6 Å². The quantitative estimate of drug-likeness (QED) is 0.603. The smallest absolute Gasteiger partial charge is 0.309 e. The Bertz CT molecular complexity index is 306. The molecule has 0 aromatic carbocycles. The maximum atomic E-state index is 12.1. The van der Waals surface area contributed by atoms with Gasteiger partial charge in [0.05, 0.1) is 0 Å². The van der Waals surface area contributed by atoms with Crippen LogP contribution in [-0.2, 0) is 4.79 Å². The predicted molar refractivity (Wildman–Crippen MR) is 66.6 cm³/mol. The summed E-state index contributed by atoms with van der Waals surface area (Å²) in [5, 5.41) is 0. The molecular formula is C11H20N2O2S. The van der Waals surface area contributed by atoms with Crippen LogP contribution in [0.4, 0.5) is 4.79 Å². The molecule has 92 valence electrons. The molecule has 1 atom stereocenters. The van der Waals surface area contributed by atoms with E-state index < -0.39 is 5.54 Å². The molecule has 0 saturated carbocycles. The number of urea groups is 1. The van der Waals surface area contributed by atoms with Crippen LogP contribution >= 0.6 is 12.6 Å². The second-order valence-corrected chi connectivity index (χ2v) is 5.08. The van der Waals surface area contributed by atoms with Gasteiger partial charge in [-0.15, -0.1) is 0 Å². The van der Waals surface area contributed by atoms with Crippen molar-refractivity contribution >= 4 is 24.6 Å². The average Bonchev–Trinajstić information content (AvgIpc) is 2.40. The van der Waals surface area contributed by atoms with E-state index in [4.69, 9.17) is 0 Å². The first-order chi connectivity index (χ1) is 7.38. The molecule has 4 nitrogen and oxygen atoms in total. The first kappa shape index (κ1) is 13.4. The van der Waals surface area contributed by atoms with E-state index in [1.807, 2.05) is 20.8 Å². The molecule has 0 aromatic heterocycles. The maximum absolute atomic E-state index is 12.1. The van der Waals surface area contributed by atoms with E-state index in [1.54, 1.807) is 11.8 Å². The monoisotopic (exact) mass is 244 g/mol. The molecule has 0 aliphatic carbocycles. The fraction of sp³-hybridized carbons (Fsp3) is 0.818. The molecule has 16 heavy (non-hydrogen) atoms. The van der Waals surface area contributed by atoms with E-state index in [0.29, 0.717) is 24.8 Å². The second-order valence-electron chi connectivity index (χ2n) is 4.77. The topological polar surface area (TPSA) is 40.6 Å². The summed E-state index contributed by atoms with van der Waals surface area (Å²) in [6, 6.07) is -0.183. The summed E-state index contributed by atoms with van der Waals surface area (Å²) in [5.41, 5.74) is -0.777. The normalized spacial score (nSPS) is 26.1. The van der Waals surface area contributed by atoms with Gasteiger partial charge in [0.15, 0.2) is 0 Å². The van der Waals surface area contributed by atoms with Crippen molar-refractivity contribution in [3.8, 4) is 0 Å². The van der Waals surface area contributed by atoms with Crippen molar-refractivity contribution in [3.05, 3.63) is 0 Å². The van der Waals surface area contributed by atoms with Gasteiger partial charge in [0, 0.05) is 18.8 Å². The summed E-state index contributed by atoms with van der Waals surface area (Å²) >= 11 is 4.22. The Morgan fingerprint density at radius 3 is 2.31 bits per heavy atom. The van der Waals surface area contributed by atoms with Crippen LogP contribution in [0, 0.1) is 5.92 Å². The number of hydrogen-bond donors (Lipinski definition) is 1. The molecular weight excluding hydrogens is 224 g/mol. The molecule has 5 heteroatoms. The van der Waals surface area contributed by atoms with Gasteiger partial charge in [-0.05, 0) is 19.8 Å². The van der Waals surface area contributed by atoms with Crippen molar-refractivity contribution in [2.75, 3.05) is 18.8 Å². The van der Waals surface area contributed by atoms with Gasteiger partial charge in [-0.3, -0.25) is 9.69 Å². The molecule has 3 amide bonds. The summed E-state index contributed by atoms with van der Waals surface area (Å²) in [6.07, 6.45) is 0. The Hall–Kier alpha value is -0.710. The van der Waals surface area contributed by atoms with Crippen molar-refractivity contribution < 1.29 is 9.59 Å². The first-order valence-corrected chi connectivity index (χ1v) is 6.26. The van der Waals surface area contributed by atoms with Crippen LogP contribution in [0.1, 0.15) is 27.7 Å². The average molecular weight is 244 g/mol. The minimum atomic E-state index is -0.777. The molecule has 1 heterocycles. The molecule has 1 fully saturated rings. The Morgan fingerprint density at radius 2 is 1.94 bits per heavy atom. The molecule has 0 N–H and O–H groups in total. The van der Waals surface area contributed by atoms with Crippen LogP contribution in [0.5, 0.6) is 0 Å². The zero-order valence-electron chi connectivity index (χ0n) is 10.4. The molecule has 0 aromatic rings. The van der Waals surface area contributed by atoms with Gasteiger partial charge in [0.2, 0.25) is 0 Å². The Morgan fingerprint density at radius 1 is 1.38 bits per heavy atom. The molecule has 1 aliphatic heterocycles. The van der Waals surface area contributed by atoms with Gasteiger partial charge < -0.3 is 4.90 Å². The standard InChI is InChI=1S/C11H20N2O2S/c1-5-12-9(14)11(4,7-16)13(10(12)15)6-8(2)3/h8,16H,5-7H2,1-4H3. The Balaban J connectivity index is 3.04. The van der Waals surface area contributed by atoms with Crippen LogP contribution in [0.2, 0.25) is 0 Å². The van der Waals surface area contributed by atoms with Gasteiger partial charge in [0.25, 0.3) is 5.91 Å². The summed E-state index contributed by atoms with van der Waals surface area (Å²) in [5.74, 6) is 0.573. The van der Waals surface area contributed by atoms with Crippen molar-refractivity contribution in [2.24, 2.45) is 5.92 Å². The molecule has 1 aliphatic rings. The number of rotatable bonds is 4. The summed E-state index contributed by atoms with van der Waals surface area (Å²) < 4.78 is 0. The lowest BCUT2D eigenvalue weighted by Gasteiger charge is -2.31. The second kappa shape index (κ2) is 4.65. The van der Waals surface area contributed by atoms with Gasteiger partial charge in [0.1, 0.15) is 5.54 Å². The molecule has 0 bridgehead atoms. The molecule has 0 radical (unpaired) electrons. The van der Waals surface area contributed by atoms with Gasteiger partial charge in [-0.1, -0.05) is 13.8 Å². The van der Waals surface area contributed by atoms with Gasteiger partial charge >= 0.3 is 6.03 Å². The molecule has 1 unspecified atom stereocenters. The van der Waals surface area contributed by atoms with Crippen molar-refractivity contribution in [1.82, 2.24) is 9.80 Å². The van der Waals surface area contributed by atoms with Crippen molar-refractivity contribution in [1.29, 1.82) is 0 Å². The van der Waals surface area contributed by atoms with E-state index in [1.165, 1.54) is 4.90 Å². The van der Waals surface area contributed by atoms with E-state index in [2.05, 4.69) is 12.6 Å².